The highest BCUT2D eigenvalue weighted by Crippen LogP contribution is 2.59. The number of aliphatic hydroxyl groups excluding tert-OH is 2. The number of carbonyl (C=O) groups excluding carboxylic acids is 3. The van der Waals surface area contributed by atoms with Crippen molar-refractivity contribution in [2.45, 2.75) is 107 Å². The summed E-state index contributed by atoms with van der Waals surface area (Å²) in [6, 6.07) is 6.10. The molecule has 5 fully saturated rings. The topological polar surface area (TPSA) is 156 Å². The van der Waals surface area contributed by atoms with E-state index in [-0.39, 0.29) is 37.0 Å². The summed E-state index contributed by atoms with van der Waals surface area (Å²) in [7, 11) is 0. The summed E-state index contributed by atoms with van der Waals surface area (Å²) in [5, 5.41) is 24.5. The van der Waals surface area contributed by atoms with Crippen LogP contribution in [0.5, 0.6) is 0 Å². The van der Waals surface area contributed by atoms with E-state index >= 15 is 0 Å². The number of carbonyl (C=O) groups is 3. The van der Waals surface area contributed by atoms with Crippen molar-refractivity contribution in [3.63, 3.8) is 0 Å². The zero-order valence-electron chi connectivity index (χ0n) is 26.1. The van der Waals surface area contributed by atoms with Crippen LogP contribution in [0.3, 0.4) is 0 Å². The minimum atomic E-state index is -1.24. The molecule has 3 unspecified atom stereocenters. The van der Waals surface area contributed by atoms with Crippen LogP contribution in [0.25, 0.3) is 6.08 Å². The van der Waals surface area contributed by atoms with E-state index in [4.69, 9.17) is 24.1 Å². The number of amides is 2. The molecule has 4 aliphatic carbocycles. The van der Waals surface area contributed by atoms with Crippen molar-refractivity contribution in [3.05, 3.63) is 53.1 Å². The lowest BCUT2D eigenvalue weighted by atomic mass is 9.88. The van der Waals surface area contributed by atoms with Gasteiger partial charge in [0.25, 0.3) is 0 Å². The summed E-state index contributed by atoms with van der Waals surface area (Å²) in [4.78, 5) is 40.0. The Morgan fingerprint density at radius 3 is 2.52 bits per heavy atom. The molecule has 11 nitrogen and oxygen atoms in total. The molecule has 11 heteroatoms. The van der Waals surface area contributed by atoms with Crippen LogP contribution < -0.4 is 10.6 Å². The van der Waals surface area contributed by atoms with Crippen molar-refractivity contribution >= 4 is 23.9 Å². The SMILES string of the molecule is C[C@H](O)[C@@H](NC(=O)C1=C[C@H]2OC(C3CC3)(C3CC3)O[C@H]2[C@H](OC(=O)c2ccccc2C=CC2CCC3OC3C2)C1)C(=O)NCCO. The number of rotatable bonds is 12. The lowest BCUT2D eigenvalue weighted by molar-refractivity contribution is -0.209. The van der Waals surface area contributed by atoms with E-state index in [2.05, 4.69) is 16.7 Å². The summed E-state index contributed by atoms with van der Waals surface area (Å²) in [6.45, 7) is 1.12. The van der Waals surface area contributed by atoms with E-state index in [9.17, 15) is 19.5 Å². The van der Waals surface area contributed by atoms with Crippen LogP contribution >= 0.6 is 0 Å². The fourth-order valence-electron chi connectivity index (χ4n) is 7.38. The van der Waals surface area contributed by atoms with Crippen LogP contribution in [-0.4, -0.2) is 89.6 Å². The quantitative estimate of drug-likeness (QED) is 0.200. The number of esters is 1. The summed E-state index contributed by atoms with van der Waals surface area (Å²) < 4.78 is 25.2. The van der Waals surface area contributed by atoms with E-state index in [1.54, 1.807) is 18.2 Å². The predicted octanol–water partition coefficient (Wildman–Crippen LogP) is 2.40. The van der Waals surface area contributed by atoms with E-state index in [1.807, 2.05) is 18.2 Å². The first kappa shape index (κ1) is 31.5. The Kier molecular flexibility index (Phi) is 8.79. The molecule has 2 heterocycles. The summed E-state index contributed by atoms with van der Waals surface area (Å²) in [5.41, 5.74) is 1.48. The molecule has 4 N–H and O–H groups in total. The molecular weight excluding hydrogens is 592 g/mol. The van der Waals surface area contributed by atoms with Gasteiger partial charge in [-0.2, -0.15) is 0 Å². The van der Waals surface area contributed by atoms with Gasteiger partial charge in [-0.15, -0.1) is 0 Å². The first-order valence-corrected chi connectivity index (χ1v) is 16.8. The molecule has 6 aliphatic rings. The van der Waals surface area contributed by atoms with Gasteiger partial charge < -0.3 is 39.8 Å². The molecule has 0 aromatic heterocycles. The maximum Gasteiger partial charge on any atom is 0.339 e. The Morgan fingerprint density at radius 1 is 1.07 bits per heavy atom. The molecule has 248 valence electrons. The summed E-state index contributed by atoms with van der Waals surface area (Å²) >= 11 is 0. The Morgan fingerprint density at radius 2 is 1.83 bits per heavy atom. The third-order valence-corrected chi connectivity index (χ3v) is 10.2. The van der Waals surface area contributed by atoms with Gasteiger partial charge in [0.1, 0.15) is 24.4 Å². The lowest BCUT2D eigenvalue weighted by Crippen LogP contribution is -2.54. The molecular formula is C35H44N2O9. The lowest BCUT2D eigenvalue weighted by Gasteiger charge is -2.31. The van der Waals surface area contributed by atoms with Crippen LogP contribution in [0.15, 0.2) is 42.0 Å². The average molecular weight is 637 g/mol. The zero-order chi connectivity index (χ0) is 32.0. The Labute approximate surface area is 268 Å². The third-order valence-electron chi connectivity index (χ3n) is 10.2. The number of hydrogen-bond acceptors (Lipinski definition) is 9. The second-order valence-electron chi connectivity index (χ2n) is 13.7. The first-order valence-electron chi connectivity index (χ1n) is 16.8. The van der Waals surface area contributed by atoms with Crippen LogP contribution in [0.4, 0.5) is 0 Å². The van der Waals surface area contributed by atoms with Crippen LogP contribution in [-0.2, 0) is 28.5 Å². The van der Waals surface area contributed by atoms with Gasteiger partial charge in [-0.25, -0.2) is 4.79 Å². The van der Waals surface area contributed by atoms with Crippen molar-refractivity contribution in [2.24, 2.45) is 17.8 Å². The minimum Gasteiger partial charge on any atom is -0.456 e. The summed E-state index contributed by atoms with van der Waals surface area (Å²) in [5.74, 6) is -1.51. The van der Waals surface area contributed by atoms with E-state index in [1.165, 1.54) is 6.92 Å². The van der Waals surface area contributed by atoms with Crippen molar-refractivity contribution in [1.82, 2.24) is 10.6 Å². The van der Waals surface area contributed by atoms with Gasteiger partial charge in [0.05, 0.1) is 30.5 Å². The molecule has 2 saturated heterocycles. The predicted molar refractivity (Wildman–Crippen MR) is 165 cm³/mol. The average Bonchev–Trinajstić information content (AvgIpc) is 3.91. The molecule has 1 aromatic rings. The van der Waals surface area contributed by atoms with E-state index in [0.29, 0.717) is 23.7 Å². The van der Waals surface area contributed by atoms with Gasteiger partial charge in [0.15, 0.2) is 5.79 Å². The fraction of sp³-hybridized carbons (Fsp3) is 0.629. The molecule has 8 atom stereocenters. The normalized spacial score (nSPS) is 32.5. The van der Waals surface area contributed by atoms with E-state index < -0.39 is 54.0 Å². The Bertz CT molecular complexity index is 1390. The number of fused-ring (bicyclic) bond motifs is 2. The van der Waals surface area contributed by atoms with Gasteiger partial charge in [0, 0.05) is 30.4 Å². The fourth-order valence-corrected chi connectivity index (χ4v) is 7.38. The largest absolute Gasteiger partial charge is 0.456 e. The highest BCUT2D eigenvalue weighted by Gasteiger charge is 2.64. The standard InChI is InChI=1S/C35H44N2O9/c1-19(39)30(33(41)36-14-15-38)37-32(40)22-17-28(31-29(18-22)45-35(46-31,23-9-10-23)24-11-12-24)44-34(42)25-5-3-2-4-21(25)8-6-20-7-13-26-27(16-20)43-26/h2-6,8,18-20,23-24,26-31,38-39H,7,9-17H2,1H3,(H,36,41)(H,37,40)/t19-,20?,26?,27?,28+,29+,30+,31-/m0/s1. The number of allylic oxidation sites excluding steroid dienone is 1. The van der Waals surface area contributed by atoms with Crippen molar-refractivity contribution in [3.8, 4) is 0 Å². The number of benzene rings is 1. The third kappa shape index (κ3) is 6.53. The molecule has 1 aromatic carbocycles. The monoisotopic (exact) mass is 636 g/mol. The number of epoxide rings is 1. The molecule has 7 rings (SSSR count). The second kappa shape index (κ2) is 12.8. The molecule has 2 amide bonds. The number of aliphatic hydroxyl groups is 2. The van der Waals surface area contributed by atoms with Crippen molar-refractivity contribution < 1.29 is 43.5 Å². The van der Waals surface area contributed by atoms with Crippen molar-refractivity contribution in [1.29, 1.82) is 0 Å². The molecule has 0 bridgehead atoms. The Hall–Kier alpha value is -3.09. The number of nitrogens with one attached hydrogen (secondary N) is 2. The smallest absolute Gasteiger partial charge is 0.339 e. The second-order valence-corrected chi connectivity index (χ2v) is 13.7. The molecule has 2 aliphatic heterocycles. The molecule has 3 saturated carbocycles. The van der Waals surface area contributed by atoms with Gasteiger partial charge >= 0.3 is 5.97 Å². The highest BCUT2D eigenvalue weighted by atomic mass is 16.8. The molecule has 46 heavy (non-hydrogen) atoms. The van der Waals surface area contributed by atoms with Gasteiger partial charge in [-0.05, 0) is 75.5 Å². The molecule has 0 radical (unpaired) electrons. The van der Waals surface area contributed by atoms with E-state index in [0.717, 1.165) is 50.5 Å². The maximum absolute atomic E-state index is 13.8. The van der Waals surface area contributed by atoms with Crippen LogP contribution in [0.2, 0.25) is 0 Å². The summed E-state index contributed by atoms with van der Waals surface area (Å²) in [6.07, 6.45) is 10.7. The highest BCUT2D eigenvalue weighted by molar-refractivity contribution is 5.98. The molecule has 0 spiro atoms. The van der Waals surface area contributed by atoms with Gasteiger partial charge in [-0.3, -0.25) is 9.59 Å². The Balaban J connectivity index is 1.11. The maximum atomic E-state index is 13.8. The zero-order valence-corrected chi connectivity index (χ0v) is 26.1. The van der Waals surface area contributed by atoms with Crippen molar-refractivity contribution in [2.75, 3.05) is 13.2 Å². The number of ether oxygens (including phenoxy) is 4. The number of hydrogen-bond donors (Lipinski definition) is 4. The van der Waals surface area contributed by atoms with Crippen LogP contribution in [0.1, 0.15) is 74.2 Å². The van der Waals surface area contributed by atoms with Gasteiger partial charge in [-0.1, -0.05) is 30.4 Å². The van der Waals surface area contributed by atoms with Gasteiger partial charge in [0.2, 0.25) is 11.8 Å². The van der Waals surface area contributed by atoms with Crippen LogP contribution in [0, 0.1) is 17.8 Å². The minimum absolute atomic E-state index is 0.00921. The first-order chi connectivity index (χ1) is 22.3.